The Morgan fingerprint density at radius 3 is 2.88 bits per heavy atom. The predicted octanol–water partition coefficient (Wildman–Crippen LogP) is 2.99. The van der Waals surface area contributed by atoms with Gasteiger partial charge >= 0.3 is 0 Å². The first-order valence-corrected chi connectivity index (χ1v) is 6.52. The highest BCUT2D eigenvalue weighted by Gasteiger charge is 2.03. The Morgan fingerprint density at radius 1 is 1.47 bits per heavy atom. The van der Waals surface area contributed by atoms with Gasteiger partial charge in [-0.05, 0) is 30.5 Å². The minimum Gasteiger partial charge on any atom is -0.484 e. The number of carbonyl (C=O) groups is 1. The van der Waals surface area contributed by atoms with Crippen LogP contribution in [0.3, 0.4) is 0 Å². The number of benzene rings is 1. The molecule has 0 heterocycles. The van der Waals surface area contributed by atoms with Gasteiger partial charge in [-0.15, -0.1) is 0 Å². The molecule has 1 rings (SSSR count). The van der Waals surface area contributed by atoms with Crippen LogP contribution in [0, 0.1) is 5.92 Å². The monoisotopic (exact) mass is 299 g/mol. The first kappa shape index (κ1) is 14.0. The highest BCUT2D eigenvalue weighted by molar-refractivity contribution is 9.10. The van der Waals surface area contributed by atoms with E-state index in [9.17, 15) is 4.79 Å². The Kier molecular flexibility index (Phi) is 6.05. The lowest BCUT2D eigenvalue weighted by Gasteiger charge is -2.08. The van der Waals surface area contributed by atoms with Gasteiger partial charge in [0, 0.05) is 11.0 Å². The van der Waals surface area contributed by atoms with E-state index in [1.165, 1.54) is 0 Å². The summed E-state index contributed by atoms with van der Waals surface area (Å²) in [6.45, 7) is 5.03. The van der Waals surface area contributed by atoms with Crippen LogP contribution in [-0.2, 0) is 4.79 Å². The Balaban J connectivity index is 2.24. The van der Waals surface area contributed by atoms with Crippen LogP contribution in [0.2, 0.25) is 0 Å². The van der Waals surface area contributed by atoms with E-state index in [1.54, 1.807) is 0 Å². The number of carbonyl (C=O) groups excluding carboxylic acids is 1. The molecule has 3 nitrogen and oxygen atoms in total. The van der Waals surface area contributed by atoms with Gasteiger partial charge < -0.3 is 10.1 Å². The minimum atomic E-state index is -0.0781. The second kappa shape index (κ2) is 7.33. The van der Waals surface area contributed by atoms with Crippen molar-refractivity contribution in [3.8, 4) is 5.75 Å². The summed E-state index contributed by atoms with van der Waals surface area (Å²) >= 11 is 3.35. The molecular formula is C13H18BrNO2. The molecule has 0 saturated heterocycles. The third-order valence-corrected chi connectivity index (χ3v) is 2.70. The molecule has 0 aliphatic rings. The molecular weight excluding hydrogens is 282 g/mol. The number of amides is 1. The van der Waals surface area contributed by atoms with Crippen molar-refractivity contribution >= 4 is 21.8 Å². The van der Waals surface area contributed by atoms with Crippen molar-refractivity contribution in [2.75, 3.05) is 13.2 Å². The molecule has 0 aromatic heterocycles. The summed E-state index contributed by atoms with van der Waals surface area (Å²) in [6.07, 6.45) is 0.989. The summed E-state index contributed by atoms with van der Waals surface area (Å²) in [5.74, 6) is 1.21. The Hall–Kier alpha value is -1.03. The second-order valence-electron chi connectivity index (χ2n) is 4.28. The van der Waals surface area contributed by atoms with Gasteiger partial charge in [-0.1, -0.05) is 35.8 Å². The molecule has 0 radical (unpaired) electrons. The number of hydrogen-bond acceptors (Lipinski definition) is 2. The van der Waals surface area contributed by atoms with Gasteiger partial charge in [0.2, 0.25) is 0 Å². The molecule has 1 N–H and O–H groups in total. The van der Waals surface area contributed by atoms with E-state index in [0.29, 0.717) is 18.2 Å². The van der Waals surface area contributed by atoms with Gasteiger partial charge in [0.15, 0.2) is 6.61 Å². The fourth-order valence-corrected chi connectivity index (χ4v) is 1.64. The first-order chi connectivity index (χ1) is 8.08. The van der Waals surface area contributed by atoms with Crippen molar-refractivity contribution in [2.24, 2.45) is 5.92 Å². The van der Waals surface area contributed by atoms with Crippen molar-refractivity contribution in [2.45, 2.75) is 20.3 Å². The van der Waals surface area contributed by atoms with E-state index in [-0.39, 0.29) is 12.5 Å². The highest BCUT2D eigenvalue weighted by Crippen LogP contribution is 2.17. The van der Waals surface area contributed by atoms with Crippen LogP contribution in [-0.4, -0.2) is 19.1 Å². The van der Waals surface area contributed by atoms with Crippen LogP contribution in [0.15, 0.2) is 28.7 Å². The minimum absolute atomic E-state index is 0.0640. The van der Waals surface area contributed by atoms with Gasteiger partial charge in [-0.2, -0.15) is 0 Å². The van der Waals surface area contributed by atoms with E-state index in [2.05, 4.69) is 35.1 Å². The third-order valence-electron chi connectivity index (χ3n) is 2.21. The standard InChI is InChI=1S/C13H18BrNO2/c1-10(2)6-7-15-13(16)9-17-12-5-3-4-11(14)8-12/h3-5,8,10H,6-7,9H2,1-2H3,(H,15,16). The quantitative estimate of drug-likeness (QED) is 0.877. The van der Waals surface area contributed by atoms with E-state index < -0.39 is 0 Å². The summed E-state index contributed by atoms with van der Waals surface area (Å²) in [5.41, 5.74) is 0. The number of hydrogen-bond donors (Lipinski definition) is 1. The number of ether oxygens (including phenoxy) is 1. The lowest BCUT2D eigenvalue weighted by atomic mass is 10.1. The molecule has 94 valence electrons. The van der Waals surface area contributed by atoms with Crippen molar-refractivity contribution < 1.29 is 9.53 Å². The molecule has 1 aromatic carbocycles. The predicted molar refractivity (Wildman–Crippen MR) is 72.1 cm³/mol. The summed E-state index contributed by atoms with van der Waals surface area (Å²) in [5, 5.41) is 2.82. The van der Waals surface area contributed by atoms with Crippen molar-refractivity contribution in [3.63, 3.8) is 0 Å². The number of halogens is 1. The molecule has 0 bridgehead atoms. The van der Waals surface area contributed by atoms with Crippen LogP contribution in [0.5, 0.6) is 5.75 Å². The molecule has 0 aliphatic heterocycles. The van der Waals surface area contributed by atoms with Crippen LogP contribution in [0.4, 0.5) is 0 Å². The Labute approximate surface area is 111 Å². The largest absolute Gasteiger partial charge is 0.484 e. The van der Waals surface area contributed by atoms with Crippen LogP contribution >= 0.6 is 15.9 Å². The summed E-state index contributed by atoms with van der Waals surface area (Å²) < 4.78 is 6.30. The lowest BCUT2D eigenvalue weighted by molar-refractivity contribution is -0.123. The maximum Gasteiger partial charge on any atom is 0.257 e. The molecule has 0 fully saturated rings. The fraction of sp³-hybridized carbons (Fsp3) is 0.462. The molecule has 1 amide bonds. The Morgan fingerprint density at radius 2 is 2.24 bits per heavy atom. The van der Waals surface area contributed by atoms with Crippen molar-refractivity contribution in [3.05, 3.63) is 28.7 Å². The highest BCUT2D eigenvalue weighted by atomic mass is 79.9. The Bertz CT molecular complexity index is 366. The second-order valence-corrected chi connectivity index (χ2v) is 5.19. The average molecular weight is 300 g/mol. The molecule has 17 heavy (non-hydrogen) atoms. The molecule has 0 unspecified atom stereocenters. The van der Waals surface area contributed by atoms with Gasteiger partial charge in [-0.25, -0.2) is 0 Å². The maximum atomic E-state index is 11.4. The van der Waals surface area contributed by atoms with E-state index in [1.807, 2.05) is 24.3 Å². The third kappa shape index (κ3) is 6.31. The van der Waals surface area contributed by atoms with Crippen LogP contribution in [0.1, 0.15) is 20.3 Å². The topological polar surface area (TPSA) is 38.3 Å². The zero-order chi connectivity index (χ0) is 12.7. The van der Waals surface area contributed by atoms with E-state index >= 15 is 0 Å². The lowest BCUT2D eigenvalue weighted by Crippen LogP contribution is -2.30. The van der Waals surface area contributed by atoms with Crippen molar-refractivity contribution in [1.29, 1.82) is 0 Å². The van der Waals surface area contributed by atoms with Gasteiger partial charge in [0.05, 0.1) is 0 Å². The normalized spacial score (nSPS) is 10.4. The maximum absolute atomic E-state index is 11.4. The summed E-state index contributed by atoms with van der Waals surface area (Å²) in [4.78, 5) is 11.4. The van der Waals surface area contributed by atoms with E-state index in [4.69, 9.17) is 4.74 Å². The fourth-order valence-electron chi connectivity index (χ4n) is 1.26. The molecule has 4 heteroatoms. The molecule has 0 aliphatic carbocycles. The first-order valence-electron chi connectivity index (χ1n) is 5.73. The van der Waals surface area contributed by atoms with Crippen LogP contribution in [0.25, 0.3) is 0 Å². The van der Waals surface area contributed by atoms with Crippen LogP contribution < -0.4 is 10.1 Å². The SMILES string of the molecule is CC(C)CCNC(=O)COc1cccc(Br)c1. The van der Waals surface area contributed by atoms with Crippen molar-refractivity contribution in [1.82, 2.24) is 5.32 Å². The van der Waals surface area contributed by atoms with E-state index in [0.717, 1.165) is 10.9 Å². The molecule has 0 saturated carbocycles. The molecule has 0 atom stereocenters. The van der Waals surface area contributed by atoms with Gasteiger partial charge in [-0.3, -0.25) is 4.79 Å². The van der Waals surface area contributed by atoms with Gasteiger partial charge in [0.1, 0.15) is 5.75 Å². The average Bonchev–Trinajstić information content (AvgIpc) is 2.26. The zero-order valence-corrected chi connectivity index (χ0v) is 11.8. The number of nitrogens with one attached hydrogen (secondary N) is 1. The molecule has 0 spiro atoms. The zero-order valence-electron chi connectivity index (χ0n) is 10.2. The smallest absolute Gasteiger partial charge is 0.257 e. The summed E-state index contributed by atoms with van der Waals surface area (Å²) in [7, 11) is 0. The number of rotatable bonds is 6. The molecule has 1 aromatic rings. The van der Waals surface area contributed by atoms with Gasteiger partial charge in [0.25, 0.3) is 5.91 Å². The summed E-state index contributed by atoms with van der Waals surface area (Å²) in [6, 6.07) is 7.44.